The van der Waals surface area contributed by atoms with E-state index in [0.717, 1.165) is 24.3 Å². The summed E-state index contributed by atoms with van der Waals surface area (Å²) >= 11 is 1.69. The molecule has 1 aliphatic carbocycles. The van der Waals surface area contributed by atoms with E-state index in [2.05, 4.69) is 16.7 Å². The quantitative estimate of drug-likeness (QED) is 0.709. The number of carbonyl (C=O) groups is 2. The first-order valence-corrected chi connectivity index (χ1v) is 9.03. The number of quaternary nitrogens is 1. The lowest BCUT2D eigenvalue weighted by Crippen LogP contribution is -3.08. The van der Waals surface area contributed by atoms with Crippen molar-refractivity contribution >= 4 is 28.8 Å². The van der Waals surface area contributed by atoms with Gasteiger partial charge in [-0.25, -0.2) is 0 Å². The van der Waals surface area contributed by atoms with E-state index in [4.69, 9.17) is 0 Å². The van der Waals surface area contributed by atoms with E-state index in [1.807, 2.05) is 30.6 Å². The van der Waals surface area contributed by atoms with Crippen molar-refractivity contribution in [2.75, 3.05) is 18.9 Å². The summed E-state index contributed by atoms with van der Waals surface area (Å²) in [5, 5.41) is 7.88. The van der Waals surface area contributed by atoms with Gasteiger partial charge in [-0.1, -0.05) is 18.2 Å². The van der Waals surface area contributed by atoms with Crippen LogP contribution in [0.1, 0.15) is 28.1 Å². The number of thiophene rings is 1. The molecule has 24 heavy (non-hydrogen) atoms. The van der Waals surface area contributed by atoms with Crippen molar-refractivity contribution in [3.05, 3.63) is 52.2 Å². The summed E-state index contributed by atoms with van der Waals surface area (Å²) in [6.45, 7) is 1.17. The van der Waals surface area contributed by atoms with Gasteiger partial charge < -0.3 is 15.5 Å². The van der Waals surface area contributed by atoms with E-state index >= 15 is 0 Å². The first kappa shape index (κ1) is 16.7. The fraction of sp³-hybridized carbons (Fsp3) is 0.333. The number of hydrogen-bond acceptors (Lipinski definition) is 3. The fourth-order valence-electron chi connectivity index (χ4n) is 2.52. The van der Waals surface area contributed by atoms with Gasteiger partial charge in [-0.15, -0.1) is 11.3 Å². The third kappa shape index (κ3) is 4.66. The molecule has 1 atom stereocenters. The molecule has 0 spiro atoms. The Kier molecular flexibility index (Phi) is 5.27. The zero-order valence-corrected chi connectivity index (χ0v) is 14.5. The van der Waals surface area contributed by atoms with E-state index < -0.39 is 0 Å². The number of amides is 2. The van der Waals surface area contributed by atoms with Crippen LogP contribution in [0, 0.1) is 0 Å². The van der Waals surface area contributed by atoms with Gasteiger partial charge >= 0.3 is 0 Å². The predicted octanol–water partition coefficient (Wildman–Crippen LogP) is 1.29. The molecule has 0 radical (unpaired) electrons. The molecular weight excluding hydrogens is 322 g/mol. The van der Waals surface area contributed by atoms with E-state index in [0.29, 0.717) is 23.8 Å². The standard InChI is InChI=1S/C18H21N3O2S/c1-21(11-14-5-4-10-24-14)12-17(22)20-16-7-3-2-6-15(16)18(23)19-13-8-9-13/h2-7,10,13H,8-9,11-12H2,1H3,(H,19,23)(H,20,22)/p+1. The Morgan fingerprint density at radius 3 is 2.71 bits per heavy atom. The molecule has 2 amide bonds. The van der Waals surface area contributed by atoms with Gasteiger partial charge in [0.15, 0.2) is 6.54 Å². The van der Waals surface area contributed by atoms with Crippen molar-refractivity contribution in [3.8, 4) is 0 Å². The molecule has 1 heterocycles. The van der Waals surface area contributed by atoms with Gasteiger partial charge in [-0.3, -0.25) is 9.59 Å². The first-order valence-electron chi connectivity index (χ1n) is 8.15. The highest BCUT2D eigenvalue weighted by atomic mass is 32.1. The van der Waals surface area contributed by atoms with Crippen molar-refractivity contribution in [2.24, 2.45) is 0 Å². The average molecular weight is 344 g/mol. The van der Waals surface area contributed by atoms with Crippen LogP contribution < -0.4 is 15.5 Å². The normalized spacial score (nSPS) is 14.9. The molecule has 1 aromatic heterocycles. The summed E-state index contributed by atoms with van der Waals surface area (Å²) in [6.07, 6.45) is 2.08. The van der Waals surface area contributed by atoms with Crippen LogP contribution in [0.2, 0.25) is 0 Å². The third-order valence-corrected chi connectivity index (χ3v) is 4.75. The largest absolute Gasteiger partial charge is 0.349 e. The Hall–Kier alpha value is -2.18. The number of likely N-dealkylation sites (N-methyl/N-ethyl adjacent to an activating group) is 1. The second-order valence-corrected chi connectivity index (χ2v) is 7.26. The maximum absolute atomic E-state index is 12.3. The van der Waals surface area contributed by atoms with E-state index in [9.17, 15) is 9.59 Å². The van der Waals surface area contributed by atoms with Crippen molar-refractivity contribution in [1.29, 1.82) is 0 Å². The van der Waals surface area contributed by atoms with Gasteiger partial charge in [0.1, 0.15) is 6.54 Å². The number of carbonyl (C=O) groups excluding carboxylic acids is 2. The zero-order valence-electron chi connectivity index (χ0n) is 13.7. The summed E-state index contributed by atoms with van der Waals surface area (Å²) in [6, 6.07) is 11.5. The van der Waals surface area contributed by atoms with Crippen molar-refractivity contribution in [2.45, 2.75) is 25.4 Å². The number of benzene rings is 1. The predicted molar refractivity (Wildman–Crippen MR) is 95.3 cm³/mol. The Labute approximate surface area is 145 Å². The third-order valence-electron chi connectivity index (χ3n) is 3.88. The molecule has 0 aliphatic heterocycles. The number of para-hydroxylation sites is 1. The van der Waals surface area contributed by atoms with Gasteiger partial charge in [0.25, 0.3) is 11.8 Å². The fourth-order valence-corrected chi connectivity index (χ4v) is 3.34. The molecule has 5 nitrogen and oxygen atoms in total. The SMILES string of the molecule is C[NH+](CC(=O)Nc1ccccc1C(=O)NC1CC1)Cc1cccs1. The molecule has 0 bridgehead atoms. The summed E-state index contributed by atoms with van der Waals surface area (Å²) in [5.74, 6) is -0.205. The van der Waals surface area contributed by atoms with E-state index in [-0.39, 0.29) is 11.8 Å². The summed E-state index contributed by atoms with van der Waals surface area (Å²) in [4.78, 5) is 26.9. The van der Waals surface area contributed by atoms with Crippen LogP contribution in [-0.2, 0) is 11.3 Å². The van der Waals surface area contributed by atoms with Gasteiger partial charge in [-0.2, -0.15) is 0 Å². The Bertz CT molecular complexity index is 711. The second kappa shape index (κ2) is 7.59. The Balaban J connectivity index is 1.58. The summed E-state index contributed by atoms with van der Waals surface area (Å²) in [7, 11) is 1.99. The van der Waals surface area contributed by atoms with Crippen LogP contribution in [0.15, 0.2) is 41.8 Å². The van der Waals surface area contributed by atoms with Crippen molar-refractivity contribution in [1.82, 2.24) is 5.32 Å². The van der Waals surface area contributed by atoms with Crippen LogP contribution in [0.25, 0.3) is 0 Å². The van der Waals surface area contributed by atoms with Crippen LogP contribution in [0.3, 0.4) is 0 Å². The lowest BCUT2D eigenvalue weighted by molar-refractivity contribution is -0.884. The Morgan fingerprint density at radius 1 is 1.21 bits per heavy atom. The molecule has 1 aromatic carbocycles. The van der Waals surface area contributed by atoms with Gasteiger partial charge in [0.2, 0.25) is 0 Å². The summed E-state index contributed by atoms with van der Waals surface area (Å²) < 4.78 is 0. The molecule has 1 unspecified atom stereocenters. The number of rotatable bonds is 7. The van der Waals surface area contributed by atoms with Crippen LogP contribution in [0.5, 0.6) is 0 Å². The molecule has 2 aromatic rings. The highest BCUT2D eigenvalue weighted by molar-refractivity contribution is 7.09. The molecule has 0 saturated heterocycles. The van der Waals surface area contributed by atoms with Gasteiger partial charge in [-0.05, 0) is 36.4 Å². The molecule has 3 N–H and O–H groups in total. The zero-order chi connectivity index (χ0) is 16.9. The van der Waals surface area contributed by atoms with Gasteiger partial charge in [0.05, 0.1) is 23.2 Å². The number of hydrogen-bond donors (Lipinski definition) is 3. The minimum Gasteiger partial charge on any atom is -0.349 e. The number of nitrogens with one attached hydrogen (secondary N) is 3. The monoisotopic (exact) mass is 344 g/mol. The van der Waals surface area contributed by atoms with Gasteiger partial charge in [0, 0.05) is 6.04 Å². The molecule has 1 fully saturated rings. The molecule has 126 valence electrons. The molecule has 1 aliphatic rings. The maximum Gasteiger partial charge on any atom is 0.279 e. The second-order valence-electron chi connectivity index (χ2n) is 6.23. The molecule has 1 saturated carbocycles. The average Bonchev–Trinajstić information content (AvgIpc) is 3.21. The van der Waals surface area contributed by atoms with E-state index in [1.165, 1.54) is 4.88 Å². The molecule has 3 rings (SSSR count). The number of anilines is 1. The van der Waals surface area contributed by atoms with Crippen molar-refractivity contribution < 1.29 is 14.5 Å². The minimum atomic E-state index is -0.118. The van der Waals surface area contributed by atoms with Crippen molar-refractivity contribution in [3.63, 3.8) is 0 Å². The maximum atomic E-state index is 12.3. The first-order chi connectivity index (χ1) is 11.6. The smallest absolute Gasteiger partial charge is 0.279 e. The highest BCUT2D eigenvalue weighted by Gasteiger charge is 2.25. The molecular formula is C18H22N3O2S+. The Morgan fingerprint density at radius 2 is 2.00 bits per heavy atom. The van der Waals surface area contributed by atoms with Crippen LogP contribution >= 0.6 is 11.3 Å². The van der Waals surface area contributed by atoms with Crippen LogP contribution in [-0.4, -0.2) is 31.4 Å². The summed E-state index contributed by atoms with van der Waals surface area (Å²) in [5.41, 5.74) is 1.10. The highest BCUT2D eigenvalue weighted by Crippen LogP contribution is 2.21. The lowest BCUT2D eigenvalue weighted by atomic mass is 10.1. The minimum absolute atomic E-state index is 0.0873. The van der Waals surface area contributed by atoms with Crippen LogP contribution in [0.4, 0.5) is 5.69 Å². The van der Waals surface area contributed by atoms with E-state index in [1.54, 1.807) is 23.5 Å². The topological polar surface area (TPSA) is 62.6 Å². The molecule has 6 heteroatoms. The lowest BCUT2D eigenvalue weighted by Gasteiger charge is -2.14.